The van der Waals surface area contributed by atoms with Gasteiger partial charge in [-0.15, -0.1) is 0 Å². The Bertz CT molecular complexity index is 547. The maximum atomic E-state index is 5.40. The van der Waals surface area contributed by atoms with Crippen LogP contribution in [0.1, 0.15) is 19.3 Å². The van der Waals surface area contributed by atoms with Crippen LogP contribution in [-0.4, -0.2) is 25.2 Å². The Morgan fingerprint density at radius 2 is 2.00 bits per heavy atom. The quantitative estimate of drug-likeness (QED) is 0.808. The van der Waals surface area contributed by atoms with E-state index in [2.05, 4.69) is 28.1 Å². The van der Waals surface area contributed by atoms with Crippen molar-refractivity contribution in [1.29, 1.82) is 0 Å². The standard InChI is InChI=1S/C15H18N2O/c1-18-13-10-12-6-5-7-16-15(12)14(11-13)17-8-3-2-4-9-17/h5-7,10-11H,2-4,8-9H2,1H3. The van der Waals surface area contributed by atoms with Gasteiger partial charge < -0.3 is 9.64 Å². The lowest BCUT2D eigenvalue weighted by Crippen LogP contribution is -2.29. The second kappa shape index (κ2) is 4.84. The average Bonchev–Trinajstić information content (AvgIpc) is 2.47. The molecule has 94 valence electrons. The molecule has 1 fully saturated rings. The largest absolute Gasteiger partial charge is 0.497 e. The first kappa shape index (κ1) is 11.3. The fourth-order valence-electron chi connectivity index (χ4n) is 2.64. The lowest BCUT2D eigenvalue weighted by atomic mass is 10.1. The summed E-state index contributed by atoms with van der Waals surface area (Å²) in [7, 11) is 1.72. The molecule has 18 heavy (non-hydrogen) atoms. The highest BCUT2D eigenvalue weighted by Gasteiger charge is 2.15. The summed E-state index contributed by atoms with van der Waals surface area (Å²) >= 11 is 0. The number of anilines is 1. The Hall–Kier alpha value is -1.77. The zero-order chi connectivity index (χ0) is 12.4. The zero-order valence-electron chi connectivity index (χ0n) is 10.7. The number of fused-ring (bicyclic) bond motifs is 1. The first-order valence-electron chi connectivity index (χ1n) is 6.56. The maximum Gasteiger partial charge on any atom is 0.121 e. The van der Waals surface area contributed by atoms with E-state index in [9.17, 15) is 0 Å². The Morgan fingerprint density at radius 1 is 1.17 bits per heavy atom. The highest BCUT2D eigenvalue weighted by molar-refractivity contribution is 5.92. The number of benzene rings is 1. The molecule has 3 rings (SSSR count). The molecule has 2 heterocycles. The van der Waals surface area contributed by atoms with Crippen LogP contribution in [-0.2, 0) is 0 Å². The summed E-state index contributed by atoms with van der Waals surface area (Å²) in [5.74, 6) is 0.913. The number of hydrogen-bond donors (Lipinski definition) is 0. The van der Waals surface area contributed by atoms with Gasteiger partial charge in [0.05, 0.1) is 18.3 Å². The SMILES string of the molecule is COc1cc(N2CCCCC2)c2ncccc2c1. The van der Waals surface area contributed by atoms with Crippen LogP contribution in [0.5, 0.6) is 5.75 Å². The third kappa shape index (κ3) is 2.01. The minimum Gasteiger partial charge on any atom is -0.497 e. The van der Waals surface area contributed by atoms with Crippen LogP contribution in [0.2, 0.25) is 0 Å². The van der Waals surface area contributed by atoms with Crippen LogP contribution in [0.4, 0.5) is 5.69 Å². The first-order valence-corrected chi connectivity index (χ1v) is 6.56. The molecular formula is C15H18N2O. The number of piperidine rings is 1. The summed E-state index contributed by atoms with van der Waals surface area (Å²) in [5.41, 5.74) is 2.30. The van der Waals surface area contributed by atoms with Crippen LogP contribution >= 0.6 is 0 Å². The molecule has 1 aliphatic heterocycles. The molecule has 1 aliphatic rings. The minimum atomic E-state index is 0.913. The molecule has 1 aromatic heterocycles. The molecule has 1 saturated heterocycles. The van der Waals surface area contributed by atoms with Crippen molar-refractivity contribution in [2.75, 3.05) is 25.1 Å². The first-order chi connectivity index (χ1) is 8.88. The van der Waals surface area contributed by atoms with Crippen molar-refractivity contribution in [2.24, 2.45) is 0 Å². The molecular weight excluding hydrogens is 224 g/mol. The molecule has 3 heteroatoms. The smallest absolute Gasteiger partial charge is 0.121 e. The maximum absolute atomic E-state index is 5.40. The second-order valence-corrected chi connectivity index (χ2v) is 4.77. The fraction of sp³-hybridized carbons (Fsp3) is 0.400. The van der Waals surface area contributed by atoms with Crippen molar-refractivity contribution in [3.63, 3.8) is 0 Å². The van der Waals surface area contributed by atoms with Gasteiger partial charge in [0.2, 0.25) is 0 Å². The van der Waals surface area contributed by atoms with Gasteiger partial charge in [0.25, 0.3) is 0 Å². The van der Waals surface area contributed by atoms with E-state index in [4.69, 9.17) is 4.74 Å². The number of rotatable bonds is 2. The second-order valence-electron chi connectivity index (χ2n) is 4.77. The van der Waals surface area contributed by atoms with Crippen molar-refractivity contribution in [3.8, 4) is 5.75 Å². The molecule has 0 bridgehead atoms. The van der Waals surface area contributed by atoms with E-state index >= 15 is 0 Å². The summed E-state index contributed by atoms with van der Waals surface area (Å²) in [6, 6.07) is 8.23. The van der Waals surface area contributed by atoms with Gasteiger partial charge in [-0.05, 0) is 31.4 Å². The fourth-order valence-corrected chi connectivity index (χ4v) is 2.64. The van der Waals surface area contributed by atoms with Gasteiger partial charge in [0.15, 0.2) is 0 Å². The number of methoxy groups -OCH3 is 1. The molecule has 0 saturated carbocycles. The van der Waals surface area contributed by atoms with Gasteiger partial charge in [-0.3, -0.25) is 4.98 Å². The van der Waals surface area contributed by atoms with Gasteiger partial charge in [0.1, 0.15) is 5.75 Å². The average molecular weight is 242 g/mol. The van der Waals surface area contributed by atoms with Crippen LogP contribution in [0, 0.1) is 0 Å². The minimum absolute atomic E-state index is 0.913. The monoisotopic (exact) mass is 242 g/mol. The molecule has 0 atom stereocenters. The zero-order valence-corrected chi connectivity index (χ0v) is 10.7. The van der Waals surface area contributed by atoms with Crippen molar-refractivity contribution < 1.29 is 4.74 Å². The topological polar surface area (TPSA) is 25.4 Å². The van der Waals surface area contributed by atoms with Crippen molar-refractivity contribution in [2.45, 2.75) is 19.3 Å². The molecule has 1 aromatic carbocycles. The summed E-state index contributed by atoms with van der Waals surface area (Å²) in [6.45, 7) is 2.25. The predicted octanol–water partition coefficient (Wildman–Crippen LogP) is 3.23. The summed E-state index contributed by atoms with van der Waals surface area (Å²) in [4.78, 5) is 6.97. The molecule has 0 unspecified atom stereocenters. The Labute approximate surface area is 107 Å². The van der Waals surface area contributed by atoms with E-state index in [1.807, 2.05) is 12.3 Å². The Balaban J connectivity index is 2.12. The van der Waals surface area contributed by atoms with Gasteiger partial charge in [-0.1, -0.05) is 6.07 Å². The molecule has 2 aromatic rings. The van der Waals surface area contributed by atoms with E-state index in [0.29, 0.717) is 0 Å². The number of nitrogens with zero attached hydrogens (tertiary/aromatic N) is 2. The lowest BCUT2D eigenvalue weighted by Gasteiger charge is -2.29. The number of aromatic nitrogens is 1. The predicted molar refractivity (Wildman–Crippen MR) is 74.4 cm³/mol. The highest BCUT2D eigenvalue weighted by atomic mass is 16.5. The number of ether oxygens (including phenoxy) is 1. The molecule has 0 amide bonds. The van der Waals surface area contributed by atoms with Crippen molar-refractivity contribution >= 4 is 16.6 Å². The Kier molecular flexibility index (Phi) is 3.05. The van der Waals surface area contributed by atoms with E-state index in [1.165, 1.54) is 24.9 Å². The molecule has 0 spiro atoms. The normalized spacial score (nSPS) is 15.9. The summed E-state index contributed by atoms with van der Waals surface area (Å²) < 4.78 is 5.40. The van der Waals surface area contributed by atoms with E-state index in [0.717, 1.165) is 29.7 Å². The van der Waals surface area contributed by atoms with E-state index < -0.39 is 0 Å². The molecule has 0 aliphatic carbocycles. The van der Waals surface area contributed by atoms with Gasteiger partial charge in [-0.2, -0.15) is 0 Å². The Morgan fingerprint density at radius 3 is 2.78 bits per heavy atom. The lowest BCUT2D eigenvalue weighted by molar-refractivity contribution is 0.415. The summed E-state index contributed by atoms with van der Waals surface area (Å²) in [6.07, 6.45) is 5.74. The van der Waals surface area contributed by atoms with Crippen LogP contribution in [0.25, 0.3) is 10.9 Å². The highest BCUT2D eigenvalue weighted by Crippen LogP contribution is 2.32. The van der Waals surface area contributed by atoms with E-state index in [-0.39, 0.29) is 0 Å². The van der Waals surface area contributed by atoms with Crippen LogP contribution in [0.15, 0.2) is 30.5 Å². The van der Waals surface area contributed by atoms with Gasteiger partial charge in [-0.25, -0.2) is 0 Å². The third-order valence-corrected chi connectivity index (χ3v) is 3.59. The van der Waals surface area contributed by atoms with Crippen molar-refractivity contribution in [1.82, 2.24) is 4.98 Å². The van der Waals surface area contributed by atoms with Crippen molar-refractivity contribution in [3.05, 3.63) is 30.5 Å². The number of hydrogen-bond acceptors (Lipinski definition) is 3. The molecule has 3 nitrogen and oxygen atoms in total. The third-order valence-electron chi connectivity index (χ3n) is 3.59. The summed E-state index contributed by atoms with van der Waals surface area (Å²) in [5, 5.41) is 1.15. The molecule has 0 radical (unpaired) electrons. The number of pyridine rings is 1. The molecule has 0 N–H and O–H groups in total. The van der Waals surface area contributed by atoms with Gasteiger partial charge >= 0.3 is 0 Å². The van der Waals surface area contributed by atoms with E-state index in [1.54, 1.807) is 7.11 Å². The van der Waals surface area contributed by atoms with Crippen LogP contribution in [0.3, 0.4) is 0 Å². The van der Waals surface area contributed by atoms with Gasteiger partial charge in [0, 0.05) is 30.7 Å². The van der Waals surface area contributed by atoms with Crippen LogP contribution < -0.4 is 9.64 Å².